The van der Waals surface area contributed by atoms with Crippen LogP contribution in [0.1, 0.15) is 17.5 Å². The molecule has 24 heavy (non-hydrogen) atoms. The molecule has 0 atom stereocenters. The van der Waals surface area contributed by atoms with Gasteiger partial charge < -0.3 is 0 Å². The van der Waals surface area contributed by atoms with E-state index in [1.807, 2.05) is 24.4 Å². The quantitative estimate of drug-likeness (QED) is 0.713. The van der Waals surface area contributed by atoms with Gasteiger partial charge in [0.15, 0.2) is 5.82 Å². The van der Waals surface area contributed by atoms with Crippen LogP contribution in [0.15, 0.2) is 78.2 Å². The van der Waals surface area contributed by atoms with Gasteiger partial charge in [-0.05, 0) is 23.3 Å². The topological polar surface area (TPSA) is 38.1 Å². The zero-order valence-corrected chi connectivity index (χ0v) is 12.9. The number of allylic oxidation sites excluding steroid dienone is 1. The average Bonchev–Trinajstić information content (AvgIpc) is 3.13. The Kier molecular flexibility index (Phi) is 3.71. The van der Waals surface area contributed by atoms with Crippen molar-refractivity contribution >= 4 is 11.3 Å². The highest BCUT2D eigenvalue weighted by molar-refractivity contribution is 6.08. The highest BCUT2D eigenvalue weighted by Gasteiger charge is 2.14. The second-order valence-electron chi connectivity index (χ2n) is 5.58. The maximum absolute atomic E-state index is 13.3. The van der Waals surface area contributed by atoms with E-state index in [9.17, 15) is 4.39 Å². The van der Waals surface area contributed by atoms with Gasteiger partial charge in [0, 0.05) is 36.1 Å². The molecule has 0 saturated heterocycles. The van der Waals surface area contributed by atoms with Gasteiger partial charge in [-0.3, -0.25) is 4.99 Å². The summed E-state index contributed by atoms with van der Waals surface area (Å²) in [6.45, 7) is 0. The first-order valence-corrected chi connectivity index (χ1v) is 7.69. The zero-order valence-electron chi connectivity index (χ0n) is 12.9. The van der Waals surface area contributed by atoms with Gasteiger partial charge in [0.2, 0.25) is 0 Å². The smallest absolute Gasteiger partial charge is 0.159 e. The van der Waals surface area contributed by atoms with Crippen molar-refractivity contribution in [1.82, 2.24) is 9.97 Å². The first-order chi connectivity index (χ1) is 11.8. The minimum absolute atomic E-state index is 0.292. The van der Waals surface area contributed by atoms with E-state index in [0.717, 1.165) is 28.8 Å². The van der Waals surface area contributed by atoms with Gasteiger partial charge in [-0.1, -0.05) is 42.5 Å². The molecule has 0 bridgehead atoms. The Balaban J connectivity index is 1.53. The van der Waals surface area contributed by atoms with Crippen LogP contribution in [-0.4, -0.2) is 15.7 Å². The Morgan fingerprint density at radius 2 is 1.54 bits per heavy atom. The molecule has 0 fully saturated rings. The molecule has 0 amide bonds. The number of aromatic nitrogens is 2. The molecule has 0 radical (unpaired) electrons. The minimum atomic E-state index is -0.292. The van der Waals surface area contributed by atoms with E-state index in [4.69, 9.17) is 0 Å². The van der Waals surface area contributed by atoms with Crippen molar-refractivity contribution in [2.75, 3.05) is 0 Å². The summed E-state index contributed by atoms with van der Waals surface area (Å²) in [5, 5.41) is 0. The van der Waals surface area contributed by atoms with E-state index in [1.54, 1.807) is 24.5 Å². The number of hydrogen-bond acceptors (Lipinski definition) is 3. The Bertz CT molecular complexity index is 929. The molecule has 3 nitrogen and oxygen atoms in total. The summed E-state index contributed by atoms with van der Waals surface area (Å²) in [5.74, 6) is 0.223. The second kappa shape index (κ2) is 6.16. The molecule has 1 aliphatic heterocycles. The van der Waals surface area contributed by atoms with Crippen molar-refractivity contribution in [3.63, 3.8) is 0 Å². The summed E-state index contributed by atoms with van der Waals surface area (Å²) in [5.41, 5.74) is 4.86. The molecule has 0 N–H and O–H groups in total. The van der Waals surface area contributed by atoms with Crippen molar-refractivity contribution in [2.45, 2.75) is 6.42 Å². The molecule has 2 aromatic carbocycles. The van der Waals surface area contributed by atoms with Crippen LogP contribution in [0.5, 0.6) is 0 Å². The Morgan fingerprint density at radius 3 is 2.29 bits per heavy atom. The third kappa shape index (κ3) is 2.86. The van der Waals surface area contributed by atoms with Crippen LogP contribution in [0, 0.1) is 5.82 Å². The van der Waals surface area contributed by atoms with Crippen LogP contribution in [0.2, 0.25) is 0 Å². The lowest BCUT2D eigenvalue weighted by atomic mass is 10.0. The molecule has 0 spiro atoms. The van der Waals surface area contributed by atoms with Gasteiger partial charge in [0.05, 0.1) is 5.71 Å². The van der Waals surface area contributed by atoms with Crippen molar-refractivity contribution < 1.29 is 4.39 Å². The molecule has 116 valence electrons. The number of halogens is 1. The second-order valence-corrected chi connectivity index (χ2v) is 5.58. The maximum Gasteiger partial charge on any atom is 0.159 e. The molecule has 4 rings (SSSR count). The minimum Gasteiger partial charge on any atom is -0.260 e. The van der Waals surface area contributed by atoms with Gasteiger partial charge in [-0.15, -0.1) is 0 Å². The maximum atomic E-state index is 13.3. The molecule has 4 heteroatoms. The van der Waals surface area contributed by atoms with Crippen LogP contribution in [0.25, 0.3) is 17.0 Å². The Labute approximate surface area is 139 Å². The van der Waals surface area contributed by atoms with E-state index in [0.29, 0.717) is 11.4 Å². The SMILES string of the molecule is Fc1cccc(-c2ncc(C3=CN=C(c4ccccc4)C3)cn2)c1. The molecular weight excluding hydrogens is 301 g/mol. The third-order valence-corrected chi connectivity index (χ3v) is 3.95. The summed E-state index contributed by atoms with van der Waals surface area (Å²) < 4.78 is 13.3. The molecule has 2 heterocycles. The predicted molar refractivity (Wildman–Crippen MR) is 93.0 cm³/mol. The van der Waals surface area contributed by atoms with E-state index in [2.05, 4.69) is 27.1 Å². The molecule has 1 aliphatic rings. The lowest BCUT2D eigenvalue weighted by Crippen LogP contribution is -1.98. The summed E-state index contributed by atoms with van der Waals surface area (Å²) in [4.78, 5) is 13.2. The van der Waals surface area contributed by atoms with E-state index in [1.165, 1.54) is 12.1 Å². The lowest BCUT2D eigenvalue weighted by Gasteiger charge is -2.05. The van der Waals surface area contributed by atoms with Crippen molar-refractivity contribution in [3.8, 4) is 11.4 Å². The summed E-state index contributed by atoms with van der Waals surface area (Å²) >= 11 is 0. The fraction of sp³-hybridized carbons (Fsp3) is 0.0500. The van der Waals surface area contributed by atoms with Gasteiger partial charge in [0.1, 0.15) is 5.82 Å². The van der Waals surface area contributed by atoms with Crippen molar-refractivity contribution in [3.05, 3.63) is 90.1 Å². The fourth-order valence-corrected chi connectivity index (χ4v) is 2.68. The normalized spacial score (nSPS) is 13.5. The monoisotopic (exact) mass is 315 g/mol. The van der Waals surface area contributed by atoms with Crippen LogP contribution in [0.3, 0.4) is 0 Å². The average molecular weight is 315 g/mol. The zero-order chi connectivity index (χ0) is 16.4. The molecule has 3 aromatic rings. The van der Waals surface area contributed by atoms with Gasteiger partial charge in [0.25, 0.3) is 0 Å². The number of aliphatic imine (C=N–C) groups is 1. The Morgan fingerprint density at radius 1 is 0.792 bits per heavy atom. The summed E-state index contributed by atoms with van der Waals surface area (Å²) in [7, 11) is 0. The molecular formula is C20H14FN3. The first kappa shape index (κ1) is 14.5. The summed E-state index contributed by atoms with van der Waals surface area (Å²) in [6.07, 6.45) is 6.15. The van der Waals surface area contributed by atoms with Crippen LogP contribution >= 0.6 is 0 Å². The molecule has 0 aliphatic carbocycles. The summed E-state index contributed by atoms with van der Waals surface area (Å²) in [6, 6.07) is 16.4. The molecule has 1 aromatic heterocycles. The molecule has 0 unspecified atom stereocenters. The number of hydrogen-bond donors (Lipinski definition) is 0. The van der Waals surface area contributed by atoms with Gasteiger partial charge in [-0.25, -0.2) is 14.4 Å². The standard InChI is InChI=1S/C20H14FN3/c21-18-8-4-7-15(9-18)20-23-12-17(13-24-20)16-10-19(22-11-16)14-5-2-1-3-6-14/h1-9,11-13H,10H2. The van der Waals surface area contributed by atoms with E-state index >= 15 is 0 Å². The van der Waals surface area contributed by atoms with Crippen LogP contribution in [-0.2, 0) is 0 Å². The highest BCUT2D eigenvalue weighted by Crippen LogP contribution is 2.26. The van der Waals surface area contributed by atoms with E-state index in [-0.39, 0.29) is 5.82 Å². The largest absolute Gasteiger partial charge is 0.260 e. The third-order valence-electron chi connectivity index (χ3n) is 3.95. The lowest BCUT2D eigenvalue weighted by molar-refractivity contribution is 0.628. The highest BCUT2D eigenvalue weighted by atomic mass is 19.1. The Hall–Kier alpha value is -3.14. The van der Waals surface area contributed by atoms with Crippen LogP contribution in [0.4, 0.5) is 4.39 Å². The molecule has 0 saturated carbocycles. The number of rotatable bonds is 3. The van der Waals surface area contributed by atoms with Gasteiger partial charge in [-0.2, -0.15) is 0 Å². The fourth-order valence-electron chi connectivity index (χ4n) is 2.68. The number of nitrogens with zero attached hydrogens (tertiary/aromatic N) is 3. The number of benzene rings is 2. The van der Waals surface area contributed by atoms with Crippen molar-refractivity contribution in [2.24, 2.45) is 4.99 Å². The first-order valence-electron chi connectivity index (χ1n) is 7.69. The van der Waals surface area contributed by atoms with E-state index < -0.39 is 0 Å². The predicted octanol–water partition coefficient (Wildman–Crippen LogP) is 4.52. The van der Waals surface area contributed by atoms with Crippen molar-refractivity contribution in [1.29, 1.82) is 0 Å². The van der Waals surface area contributed by atoms with Gasteiger partial charge >= 0.3 is 0 Å². The van der Waals surface area contributed by atoms with Crippen LogP contribution < -0.4 is 0 Å².